The first kappa shape index (κ1) is 11.7. The number of nitrogens with one attached hydrogen (secondary N) is 1. The van der Waals surface area contributed by atoms with Crippen LogP contribution in [0.4, 0.5) is 0 Å². The molecule has 15 heavy (non-hydrogen) atoms. The number of thiol groups is 1. The van der Waals surface area contributed by atoms with Crippen LogP contribution < -0.4 is 4.72 Å². The summed E-state index contributed by atoms with van der Waals surface area (Å²) in [6.45, 7) is 5.90. The van der Waals surface area contributed by atoms with Gasteiger partial charge in [-0.3, -0.25) is 4.72 Å². The fraction of sp³-hybridized carbons (Fsp3) is 1.00. The number of rotatable bonds is 1. The summed E-state index contributed by atoms with van der Waals surface area (Å²) in [5.41, 5.74) is 0.143. The summed E-state index contributed by atoms with van der Waals surface area (Å²) in [7, 11) is 0. The first-order valence-electron chi connectivity index (χ1n) is 5.76. The molecular formula is C11H21NO2S. The molecule has 2 fully saturated rings. The summed E-state index contributed by atoms with van der Waals surface area (Å²) in [6.07, 6.45) is 4.49. The molecule has 1 spiro atoms. The van der Waals surface area contributed by atoms with Gasteiger partial charge in [0.05, 0.1) is 19.3 Å². The molecular weight excluding hydrogens is 210 g/mol. The van der Waals surface area contributed by atoms with E-state index < -0.39 is 5.79 Å². The van der Waals surface area contributed by atoms with Crippen molar-refractivity contribution in [3.8, 4) is 0 Å². The van der Waals surface area contributed by atoms with Gasteiger partial charge >= 0.3 is 0 Å². The summed E-state index contributed by atoms with van der Waals surface area (Å²) in [6, 6.07) is 0.227. The van der Waals surface area contributed by atoms with Crippen LogP contribution in [0.2, 0.25) is 0 Å². The summed E-state index contributed by atoms with van der Waals surface area (Å²) >= 11 is 4.18. The van der Waals surface area contributed by atoms with Crippen molar-refractivity contribution < 1.29 is 9.47 Å². The molecule has 3 nitrogen and oxygen atoms in total. The molecule has 1 aliphatic carbocycles. The topological polar surface area (TPSA) is 30.5 Å². The lowest BCUT2D eigenvalue weighted by Gasteiger charge is -2.49. The van der Waals surface area contributed by atoms with Crippen LogP contribution in [0.5, 0.6) is 0 Å². The predicted octanol–water partition coefficient (Wildman–Crippen LogP) is 2.13. The molecule has 1 atom stereocenters. The van der Waals surface area contributed by atoms with Crippen LogP contribution >= 0.6 is 12.8 Å². The first-order valence-corrected chi connectivity index (χ1v) is 6.20. The van der Waals surface area contributed by atoms with E-state index in [1.165, 1.54) is 12.8 Å². The SMILES string of the molecule is CC1(C)COC2(CCCCC2NS)OC1. The Morgan fingerprint density at radius 1 is 1.20 bits per heavy atom. The van der Waals surface area contributed by atoms with Gasteiger partial charge in [-0.15, -0.1) is 0 Å². The highest BCUT2D eigenvalue weighted by molar-refractivity contribution is 7.78. The van der Waals surface area contributed by atoms with Gasteiger partial charge in [-0.25, -0.2) is 0 Å². The van der Waals surface area contributed by atoms with Crippen molar-refractivity contribution in [3.63, 3.8) is 0 Å². The zero-order valence-electron chi connectivity index (χ0n) is 9.58. The minimum absolute atomic E-state index is 0.143. The van der Waals surface area contributed by atoms with Gasteiger partial charge in [-0.2, -0.15) is 0 Å². The largest absolute Gasteiger partial charge is 0.348 e. The standard InChI is InChI=1S/C11H21NO2S/c1-10(2)7-13-11(14-8-10)6-4-3-5-9(11)12-15/h9,12,15H,3-8H2,1-2H3. The number of hydrogen-bond donors (Lipinski definition) is 2. The Morgan fingerprint density at radius 3 is 2.47 bits per heavy atom. The van der Waals surface area contributed by atoms with Crippen LogP contribution in [0, 0.1) is 5.41 Å². The fourth-order valence-corrected chi connectivity index (χ4v) is 2.67. The molecule has 2 rings (SSSR count). The van der Waals surface area contributed by atoms with Gasteiger partial charge in [0.1, 0.15) is 0 Å². The van der Waals surface area contributed by atoms with Crippen molar-refractivity contribution in [1.29, 1.82) is 0 Å². The van der Waals surface area contributed by atoms with Gasteiger partial charge < -0.3 is 9.47 Å². The van der Waals surface area contributed by atoms with E-state index in [1.54, 1.807) is 0 Å². The Kier molecular flexibility index (Phi) is 3.31. The molecule has 1 saturated carbocycles. The second kappa shape index (κ2) is 4.24. The molecule has 2 aliphatic rings. The molecule has 0 aromatic carbocycles. The van der Waals surface area contributed by atoms with Crippen LogP contribution in [0.25, 0.3) is 0 Å². The van der Waals surface area contributed by atoms with Crippen molar-refractivity contribution in [2.75, 3.05) is 13.2 Å². The second-order valence-corrected chi connectivity index (χ2v) is 5.74. The maximum Gasteiger partial charge on any atom is 0.184 e. The minimum Gasteiger partial charge on any atom is -0.348 e. The Balaban J connectivity index is 2.05. The lowest BCUT2D eigenvalue weighted by atomic mass is 9.86. The Bertz CT molecular complexity index is 223. The monoisotopic (exact) mass is 231 g/mol. The third kappa shape index (κ3) is 2.33. The van der Waals surface area contributed by atoms with Gasteiger partial charge in [-0.1, -0.05) is 33.1 Å². The molecule has 1 heterocycles. The molecule has 4 heteroatoms. The maximum absolute atomic E-state index is 5.99. The van der Waals surface area contributed by atoms with E-state index in [0.29, 0.717) is 0 Å². The van der Waals surface area contributed by atoms with Crippen LogP contribution in [0.1, 0.15) is 39.5 Å². The summed E-state index contributed by atoms with van der Waals surface area (Å²) < 4.78 is 15.0. The van der Waals surface area contributed by atoms with E-state index in [0.717, 1.165) is 26.1 Å². The van der Waals surface area contributed by atoms with Crippen molar-refractivity contribution in [1.82, 2.24) is 4.72 Å². The van der Waals surface area contributed by atoms with E-state index in [9.17, 15) is 0 Å². The van der Waals surface area contributed by atoms with E-state index in [-0.39, 0.29) is 11.5 Å². The molecule has 0 amide bonds. The third-order valence-electron chi connectivity index (χ3n) is 3.37. The molecule has 1 N–H and O–H groups in total. The molecule has 1 saturated heterocycles. The van der Waals surface area contributed by atoms with Gasteiger partial charge in [0.2, 0.25) is 0 Å². The summed E-state index contributed by atoms with van der Waals surface area (Å²) in [4.78, 5) is 0. The maximum atomic E-state index is 5.99. The quantitative estimate of drug-likeness (QED) is 0.678. The normalized spacial score (nSPS) is 34.2. The van der Waals surface area contributed by atoms with Crippen molar-refractivity contribution in [2.45, 2.75) is 51.4 Å². The summed E-state index contributed by atoms with van der Waals surface area (Å²) in [5.74, 6) is -0.407. The van der Waals surface area contributed by atoms with Crippen LogP contribution in [-0.2, 0) is 9.47 Å². The lowest BCUT2D eigenvalue weighted by Crippen LogP contribution is -2.59. The van der Waals surface area contributed by atoms with Gasteiger partial charge in [-0.05, 0) is 12.8 Å². The second-order valence-electron chi connectivity index (χ2n) is 5.48. The minimum atomic E-state index is -0.407. The number of ether oxygens (including phenoxy) is 2. The van der Waals surface area contributed by atoms with Gasteiger partial charge in [0, 0.05) is 11.8 Å². The fourth-order valence-electron chi connectivity index (χ4n) is 2.34. The smallest absolute Gasteiger partial charge is 0.184 e. The summed E-state index contributed by atoms with van der Waals surface area (Å²) in [5, 5.41) is 0. The van der Waals surface area contributed by atoms with E-state index in [4.69, 9.17) is 9.47 Å². The first-order chi connectivity index (χ1) is 7.08. The highest BCUT2D eigenvalue weighted by Crippen LogP contribution is 2.39. The van der Waals surface area contributed by atoms with E-state index in [2.05, 4.69) is 31.4 Å². The van der Waals surface area contributed by atoms with Crippen LogP contribution in [0.15, 0.2) is 0 Å². The molecule has 1 aliphatic heterocycles. The lowest BCUT2D eigenvalue weighted by molar-refractivity contribution is -0.318. The molecule has 0 bridgehead atoms. The van der Waals surface area contributed by atoms with Crippen LogP contribution in [0.3, 0.4) is 0 Å². The van der Waals surface area contributed by atoms with Crippen molar-refractivity contribution in [3.05, 3.63) is 0 Å². The zero-order valence-corrected chi connectivity index (χ0v) is 10.5. The Labute approximate surface area is 97.4 Å². The molecule has 88 valence electrons. The average Bonchev–Trinajstić information content (AvgIpc) is 2.24. The van der Waals surface area contributed by atoms with Crippen molar-refractivity contribution in [2.24, 2.45) is 5.41 Å². The molecule has 0 aromatic rings. The van der Waals surface area contributed by atoms with Crippen molar-refractivity contribution >= 4 is 12.8 Å². The molecule has 1 unspecified atom stereocenters. The number of hydrogen-bond acceptors (Lipinski definition) is 4. The molecule has 0 radical (unpaired) electrons. The Hall–Kier alpha value is 0.230. The molecule has 0 aromatic heterocycles. The van der Waals surface area contributed by atoms with Crippen LogP contribution in [-0.4, -0.2) is 25.0 Å². The Morgan fingerprint density at radius 2 is 1.87 bits per heavy atom. The van der Waals surface area contributed by atoms with E-state index >= 15 is 0 Å². The highest BCUT2D eigenvalue weighted by atomic mass is 32.1. The average molecular weight is 231 g/mol. The predicted molar refractivity (Wildman–Crippen MR) is 62.8 cm³/mol. The highest BCUT2D eigenvalue weighted by Gasteiger charge is 2.47. The van der Waals surface area contributed by atoms with Gasteiger partial charge in [0.15, 0.2) is 5.79 Å². The van der Waals surface area contributed by atoms with Gasteiger partial charge in [0.25, 0.3) is 0 Å². The third-order valence-corrected chi connectivity index (χ3v) is 3.68. The zero-order chi connectivity index (χ0) is 10.9. The van der Waals surface area contributed by atoms with E-state index in [1.807, 2.05) is 0 Å².